The molecule has 8 heteroatoms. The highest BCUT2D eigenvalue weighted by Gasteiger charge is 2.26. The number of aromatic nitrogens is 1. The molecule has 0 amide bonds. The van der Waals surface area contributed by atoms with Gasteiger partial charge in [0.25, 0.3) is 0 Å². The van der Waals surface area contributed by atoms with E-state index in [2.05, 4.69) is 24.3 Å². The van der Waals surface area contributed by atoms with Crippen molar-refractivity contribution in [3.63, 3.8) is 0 Å². The molecule has 0 aliphatic carbocycles. The maximum Gasteiger partial charge on any atom is 0.244 e. The van der Waals surface area contributed by atoms with Crippen molar-refractivity contribution in [3.05, 3.63) is 17.3 Å². The van der Waals surface area contributed by atoms with Gasteiger partial charge in [-0.2, -0.15) is 4.31 Å². The molecule has 0 aromatic carbocycles. The molecule has 3 N–H and O–H groups in total. The van der Waals surface area contributed by atoms with Gasteiger partial charge >= 0.3 is 0 Å². The van der Waals surface area contributed by atoms with Gasteiger partial charge in [0.2, 0.25) is 10.0 Å². The molecular weight excluding hydrogens is 300 g/mol. The van der Waals surface area contributed by atoms with Gasteiger partial charge in [0, 0.05) is 19.3 Å². The monoisotopic (exact) mass is 320 g/mol. The van der Waals surface area contributed by atoms with Crippen molar-refractivity contribution in [3.8, 4) is 0 Å². The molecule has 0 saturated carbocycles. The van der Waals surface area contributed by atoms with Crippen molar-refractivity contribution in [1.82, 2.24) is 9.29 Å². The number of nitrogens with one attached hydrogen (secondary N) is 1. The minimum absolute atomic E-state index is 0.0552. The number of rotatable bonds is 6. The van der Waals surface area contributed by atoms with E-state index in [1.165, 1.54) is 16.6 Å². The fourth-order valence-electron chi connectivity index (χ4n) is 1.90. The van der Waals surface area contributed by atoms with Crippen LogP contribution < -0.4 is 11.3 Å². The first-order chi connectivity index (χ1) is 9.20. The summed E-state index contributed by atoms with van der Waals surface area (Å²) in [6, 6.07) is 1.24. The number of pyridine rings is 1. The molecule has 0 aliphatic heterocycles. The summed E-state index contributed by atoms with van der Waals surface area (Å²) >= 11 is 5.92. The Labute approximate surface area is 125 Å². The maximum absolute atomic E-state index is 12.5. The Kier molecular flexibility index (Phi) is 5.76. The predicted molar refractivity (Wildman–Crippen MR) is 80.9 cm³/mol. The van der Waals surface area contributed by atoms with Crippen molar-refractivity contribution in [1.29, 1.82) is 0 Å². The molecule has 0 saturated heterocycles. The summed E-state index contributed by atoms with van der Waals surface area (Å²) < 4.78 is 26.3. The Hall–Kier alpha value is -0.890. The third-order valence-electron chi connectivity index (χ3n) is 3.06. The van der Waals surface area contributed by atoms with E-state index in [9.17, 15) is 8.42 Å². The van der Waals surface area contributed by atoms with Crippen LogP contribution in [0.3, 0.4) is 0 Å². The van der Waals surface area contributed by atoms with Crippen LogP contribution in [0.5, 0.6) is 0 Å². The third-order valence-corrected chi connectivity index (χ3v) is 5.29. The largest absolute Gasteiger partial charge is 0.307 e. The van der Waals surface area contributed by atoms with Gasteiger partial charge in [-0.15, -0.1) is 0 Å². The van der Waals surface area contributed by atoms with Gasteiger partial charge in [0.05, 0.1) is 5.02 Å². The summed E-state index contributed by atoms with van der Waals surface area (Å²) in [4.78, 5) is 3.95. The predicted octanol–water partition coefficient (Wildman–Crippen LogP) is 2.08. The van der Waals surface area contributed by atoms with Crippen molar-refractivity contribution >= 4 is 27.4 Å². The molecule has 1 rings (SSSR count). The molecule has 6 nitrogen and oxygen atoms in total. The maximum atomic E-state index is 12.5. The van der Waals surface area contributed by atoms with Crippen LogP contribution in [-0.4, -0.2) is 30.8 Å². The Bertz CT molecular complexity index is 563. The zero-order valence-corrected chi connectivity index (χ0v) is 13.7. The second-order valence-electron chi connectivity index (χ2n) is 5.15. The van der Waals surface area contributed by atoms with E-state index in [0.29, 0.717) is 5.92 Å². The Morgan fingerprint density at radius 3 is 2.50 bits per heavy atom. The summed E-state index contributed by atoms with van der Waals surface area (Å²) in [7, 11) is -2.05. The van der Waals surface area contributed by atoms with Crippen molar-refractivity contribution in [2.24, 2.45) is 11.8 Å². The van der Waals surface area contributed by atoms with E-state index in [1.807, 2.05) is 6.92 Å². The van der Waals surface area contributed by atoms with Gasteiger partial charge < -0.3 is 5.43 Å². The van der Waals surface area contributed by atoms with Crippen molar-refractivity contribution in [2.45, 2.75) is 38.1 Å². The van der Waals surface area contributed by atoms with Crippen molar-refractivity contribution in [2.75, 3.05) is 12.5 Å². The van der Waals surface area contributed by atoms with Crippen LogP contribution in [0, 0.1) is 5.92 Å². The molecule has 1 aromatic heterocycles. The highest BCUT2D eigenvalue weighted by Crippen LogP contribution is 2.25. The zero-order chi connectivity index (χ0) is 15.5. The van der Waals surface area contributed by atoms with Gasteiger partial charge in [0.15, 0.2) is 5.82 Å². The zero-order valence-electron chi connectivity index (χ0n) is 12.1. The van der Waals surface area contributed by atoms with E-state index < -0.39 is 10.0 Å². The van der Waals surface area contributed by atoms with Gasteiger partial charge in [-0.3, -0.25) is 0 Å². The van der Waals surface area contributed by atoms with Gasteiger partial charge in [-0.25, -0.2) is 19.2 Å². The van der Waals surface area contributed by atoms with Gasteiger partial charge in [-0.05, 0) is 25.3 Å². The molecule has 0 fully saturated rings. The molecule has 0 spiro atoms. The number of nitrogens with two attached hydrogens (primary N) is 1. The van der Waals surface area contributed by atoms with Crippen LogP contribution in [0.4, 0.5) is 5.82 Å². The Balaban J connectivity index is 3.07. The first-order valence-corrected chi connectivity index (χ1v) is 8.12. The van der Waals surface area contributed by atoms with Crippen LogP contribution in [0.1, 0.15) is 27.2 Å². The summed E-state index contributed by atoms with van der Waals surface area (Å²) in [5.74, 6) is 5.87. The summed E-state index contributed by atoms with van der Waals surface area (Å²) in [5, 5.41) is 0.165. The lowest BCUT2D eigenvalue weighted by Crippen LogP contribution is -2.36. The van der Waals surface area contributed by atoms with Crippen LogP contribution in [0.25, 0.3) is 0 Å². The lowest BCUT2D eigenvalue weighted by atomic mass is 10.1. The third kappa shape index (κ3) is 3.82. The highest BCUT2D eigenvalue weighted by atomic mass is 35.5. The smallest absolute Gasteiger partial charge is 0.244 e. The van der Waals surface area contributed by atoms with Gasteiger partial charge in [-0.1, -0.05) is 25.4 Å². The number of hydrazine groups is 1. The topological polar surface area (TPSA) is 88.3 Å². The molecular formula is C12H21ClN4O2S. The molecule has 0 bridgehead atoms. The van der Waals surface area contributed by atoms with E-state index >= 15 is 0 Å². The molecule has 1 heterocycles. The Morgan fingerprint density at radius 1 is 1.45 bits per heavy atom. The second-order valence-corrected chi connectivity index (χ2v) is 7.55. The second kappa shape index (κ2) is 6.71. The fourth-order valence-corrected chi connectivity index (χ4v) is 3.53. The fraction of sp³-hybridized carbons (Fsp3) is 0.583. The average Bonchev–Trinajstić information content (AvgIpc) is 2.36. The SMILES string of the molecule is CC(C)CC(C)N(C)S(=O)(=O)c1cnc(NN)c(Cl)c1. The van der Waals surface area contributed by atoms with E-state index in [4.69, 9.17) is 17.4 Å². The minimum atomic E-state index is -3.61. The van der Waals surface area contributed by atoms with Crippen LogP contribution >= 0.6 is 11.6 Å². The first kappa shape index (κ1) is 17.2. The number of sulfonamides is 1. The molecule has 1 aromatic rings. The molecule has 1 atom stereocenters. The van der Waals surface area contributed by atoms with E-state index in [-0.39, 0.29) is 21.8 Å². The molecule has 0 aliphatic rings. The minimum Gasteiger partial charge on any atom is -0.307 e. The standard InChI is InChI=1S/C12H21ClN4O2S/c1-8(2)5-9(3)17(4)20(18,19)10-6-11(13)12(16-14)15-7-10/h6-9H,5,14H2,1-4H3,(H,15,16). The quantitative estimate of drug-likeness (QED) is 0.619. The van der Waals surface area contributed by atoms with Crippen LogP contribution in [-0.2, 0) is 10.0 Å². The normalized spacial score (nSPS) is 13.8. The summed E-state index contributed by atoms with van der Waals surface area (Å²) in [5.41, 5.74) is 2.30. The van der Waals surface area contributed by atoms with Crippen LogP contribution in [0.15, 0.2) is 17.2 Å². The number of anilines is 1. The highest BCUT2D eigenvalue weighted by molar-refractivity contribution is 7.89. The number of halogens is 1. The van der Waals surface area contributed by atoms with Crippen molar-refractivity contribution < 1.29 is 8.42 Å². The molecule has 114 valence electrons. The van der Waals surface area contributed by atoms with Crippen LogP contribution in [0.2, 0.25) is 5.02 Å². The summed E-state index contributed by atoms with van der Waals surface area (Å²) in [6.07, 6.45) is 2.02. The van der Waals surface area contributed by atoms with E-state index in [1.54, 1.807) is 7.05 Å². The Morgan fingerprint density at radius 2 is 2.05 bits per heavy atom. The lowest BCUT2D eigenvalue weighted by molar-refractivity contribution is 0.337. The first-order valence-electron chi connectivity index (χ1n) is 6.30. The lowest BCUT2D eigenvalue weighted by Gasteiger charge is -2.25. The number of nitrogens with zero attached hydrogens (tertiary/aromatic N) is 2. The number of hydrogen-bond donors (Lipinski definition) is 2. The van der Waals surface area contributed by atoms with E-state index in [0.717, 1.165) is 6.42 Å². The molecule has 20 heavy (non-hydrogen) atoms. The summed E-state index contributed by atoms with van der Waals surface area (Å²) in [6.45, 7) is 5.98. The number of hydrogen-bond acceptors (Lipinski definition) is 5. The molecule has 0 radical (unpaired) electrons. The molecule has 1 unspecified atom stereocenters. The van der Waals surface area contributed by atoms with Gasteiger partial charge in [0.1, 0.15) is 4.90 Å². The average molecular weight is 321 g/mol. The number of nitrogen functional groups attached to an aromatic ring is 1.